The average molecular weight is 549 g/mol. The van der Waals surface area contributed by atoms with Crippen LogP contribution in [0, 0.1) is 0 Å². The van der Waals surface area contributed by atoms with Crippen LogP contribution < -0.4 is 4.74 Å². The fourth-order valence-corrected chi connectivity index (χ4v) is 5.26. The Hall–Kier alpha value is -4.97. The van der Waals surface area contributed by atoms with Crippen molar-refractivity contribution in [3.8, 4) is 28.7 Å². The van der Waals surface area contributed by atoms with Gasteiger partial charge in [-0.25, -0.2) is 4.79 Å². The minimum absolute atomic E-state index is 0.0371. The third-order valence-electron chi connectivity index (χ3n) is 7.20. The van der Waals surface area contributed by atoms with E-state index in [2.05, 4.69) is 32.0 Å². The molecule has 0 saturated carbocycles. The molecule has 0 aliphatic carbocycles. The molecule has 6 heteroatoms. The van der Waals surface area contributed by atoms with E-state index in [9.17, 15) is 20.1 Å². The fraction of sp³-hybridized carbons (Fsp3) is 0.171. The van der Waals surface area contributed by atoms with E-state index in [0.29, 0.717) is 45.4 Å². The number of esters is 1. The van der Waals surface area contributed by atoms with Crippen LogP contribution >= 0.6 is 0 Å². The van der Waals surface area contributed by atoms with Gasteiger partial charge in [-0.2, -0.15) is 0 Å². The summed E-state index contributed by atoms with van der Waals surface area (Å²) in [4.78, 5) is 12.5. The number of ether oxygens (including phenoxy) is 2. The lowest BCUT2D eigenvalue weighted by Gasteiger charge is -2.36. The summed E-state index contributed by atoms with van der Waals surface area (Å²) in [5.74, 6) is 1.29. The third-order valence-corrected chi connectivity index (χ3v) is 7.20. The SMILES string of the molecule is CC.CC(C)c1ccc2cc(O)ccc2c1.O=C1OC2(c3ccc(O)cc3Oc3cc(O)ccc32)c2ccccc21. The van der Waals surface area contributed by atoms with Crippen LogP contribution in [-0.4, -0.2) is 21.3 Å². The van der Waals surface area contributed by atoms with Gasteiger partial charge in [0.2, 0.25) is 0 Å². The zero-order valence-electron chi connectivity index (χ0n) is 23.4. The Bertz CT molecular complexity index is 1700. The van der Waals surface area contributed by atoms with Crippen LogP contribution in [0.3, 0.4) is 0 Å². The number of fused-ring (bicyclic) bond motifs is 7. The van der Waals surface area contributed by atoms with Crippen molar-refractivity contribution in [2.45, 2.75) is 39.2 Å². The van der Waals surface area contributed by atoms with Gasteiger partial charge >= 0.3 is 5.97 Å². The van der Waals surface area contributed by atoms with Gasteiger partial charge in [-0.1, -0.05) is 70.2 Å². The molecule has 0 radical (unpaired) electrons. The summed E-state index contributed by atoms with van der Waals surface area (Å²) in [6.45, 7) is 8.36. The molecule has 6 nitrogen and oxygen atoms in total. The van der Waals surface area contributed by atoms with Gasteiger partial charge in [0.25, 0.3) is 0 Å². The summed E-state index contributed by atoms with van der Waals surface area (Å²) in [7, 11) is 0. The number of hydrogen-bond donors (Lipinski definition) is 3. The van der Waals surface area contributed by atoms with Crippen molar-refractivity contribution < 1.29 is 29.6 Å². The topological polar surface area (TPSA) is 96.2 Å². The Morgan fingerprint density at radius 3 is 1.80 bits per heavy atom. The zero-order valence-corrected chi connectivity index (χ0v) is 23.4. The van der Waals surface area contributed by atoms with E-state index in [0.717, 1.165) is 5.39 Å². The predicted octanol–water partition coefficient (Wildman–Crippen LogP) is 8.36. The summed E-state index contributed by atoms with van der Waals surface area (Å²) in [6, 6.07) is 28.4. The van der Waals surface area contributed by atoms with E-state index in [1.54, 1.807) is 36.4 Å². The van der Waals surface area contributed by atoms with Crippen molar-refractivity contribution in [1.82, 2.24) is 0 Å². The molecule has 0 bridgehead atoms. The zero-order chi connectivity index (χ0) is 29.3. The van der Waals surface area contributed by atoms with E-state index >= 15 is 0 Å². The maximum Gasteiger partial charge on any atom is 0.340 e. The number of aromatic hydroxyl groups is 3. The van der Waals surface area contributed by atoms with Crippen molar-refractivity contribution in [1.29, 1.82) is 0 Å². The maximum atomic E-state index is 12.5. The van der Waals surface area contributed by atoms with Crippen LogP contribution in [0.15, 0.2) is 97.1 Å². The number of benzene rings is 5. The van der Waals surface area contributed by atoms with E-state index < -0.39 is 11.6 Å². The second kappa shape index (κ2) is 10.9. The lowest BCUT2D eigenvalue weighted by Crippen LogP contribution is -2.32. The standard InChI is InChI=1S/C20H12O5.C13H14O.C2H6/c21-11-5-7-15-17(9-11)24-18-10-12(22)6-8-16(18)20(15)14-4-2-1-3-13(14)19(23)25-20;1-9(2)10-3-4-12-8-13(14)6-5-11(12)7-10;1-2/h1-10,21-22H;3-9,14H,1-2H3;1-2H3. The largest absolute Gasteiger partial charge is 0.508 e. The van der Waals surface area contributed by atoms with Crippen molar-refractivity contribution in [2.24, 2.45) is 0 Å². The van der Waals surface area contributed by atoms with E-state index in [1.165, 1.54) is 35.2 Å². The first kappa shape index (κ1) is 27.6. The summed E-state index contributed by atoms with van der Waals surface area (Å²) < 4.78 is 11.8. The molecule has 208 valence electrons. The van der Waals surface area contributed by atoms with Crippen LogP contribution in [-0.2, 0) is 10.3 Å². The second-order valence-corrected chi connectivity index (χ2v) is 10.0. The van der Waals surface area contributed by atoms with Crippen molar-refractivity contribution in [3.63, 3.8) is 0 Å². The first-order chi connectivity index (χ1) is 19.8. The lowest BCUT2D eigenvalue weighted by atomic mass is 9.77. The minimum atomic E-state index is -1.17. The molecular weight excluding hydrogens is 516 g/mol. The third kappa shape index (κ3) is 4.82. The molecule has 2 aliphatic heterocycles. The molecular formula is C35H32O6. The van der Waals surface area contributed by atoms with Crippen molar-refractivity contribution in [2.75, 3.05) is 0 Å². The van der Waals surface area contributed by atoms with E-state index in [-0.39, 0.29) is 11.5 Å². The minimum Gasteiger partial charge on any atom is -0.508 e. The summed E-state index contributed by atoms with van der Waals surface area (Å²) in [6.07, 6.45) is 0. The van der Waals surface area contributed by atoms with Gasteiger partial charge in [0.1, 0.15) is 28.7 Å². The number of phenols is 3. The molecule has 0 atom stereocenters. The van der Waals surface area contributed by atoms with Gasteiger partial charge < -0.3 is 24.8 Å². The van der Waals surface area contributed by atoms with Gasteiger partial charge in [0.15, 0.2) is 5.60 Å². The Morgan fingerprint density at radius 1 is 0.634 bits per heavy atom. The monoisotopic (exact) mass is 548 g/mol. The number of carbonyl (C=O) groups excluding carboxylic acids is 1. The Balaban J connectivity index is 0.000000180. The second-order valence-electron chi connectivity index (χ2n) is 10.0. The highest BCUT2D eigenvalue weighted by atomic mass is 16.6. The molecule has 3 N–H and O–H groups in total. The van der Waals surface area contributed by atoms with Gasteiger partial charge in [-0.3, -0.25) is 0 Å². The highest BCUT2D eigenvalue weighted by Gasteiger charge is 2.53. The smallest absolute Gasteiger partial charge is 0.340 e. The molecule has 41 heavy (non-hydrogen) atoms. The predicted molar refractivity (Wildman–Crippen MR) is 159 cm³/mol. The van der Waals surface area contributed by atoms with Gasteiger partial charge in [-0.05, 0) is 64.7 Å². The maximum absolute atomic E-state index is 12.5. The Labute approximate surface area is 239 Å². The highest BCUT2D eigenvalue weighted by molar-refractivity contribution is 5.97. The first-order valence-electron chi connectivity index (χ1n) is 13.7. The normalized spacial score (nSPS) is 13.5. The fourth-order valence-electron chi connectivity index (χ4n) is 5.26. The first-order valence-corrected chi connectivity index (χ1v) is 13.7. The summed E-state index contributed by atoms with van der Waals surface area (Å²) in [5, 5.41) is 31.3. The molecule has 2 aliphatic rings. The molecule has 7 rings (SSSR count). The average Bonchev–Trinajstić information content (AvgIpc) is 3.26. The summed E-state index contributed by atoms with van der Waals surface area (Å²) >= 11 is 0. The molecule has 5 aromatic carbocycles. The molecule has 0 saturated heterocycles. The molecule has 0 fully saturated rings. The van der Waals surface area contributed by atoms with Crippen LogP contribution in [0.2, 0.25) is 0 Å². The van der Waals surface area contributed by atoms with Crippen LogP contribution in [0.1, 0.15) is 66.2 Å². The molecule has 0 unspecified atom stereocenters. The Kier molecular flexibility index (Phi) is 7.33. The van der Waals surface area contributed by atoms with Gasteiger partial charge in [0, 0.05) is 28.8 Å². The van der Waals surface area contributed by atoms with Crippen LogP contribution in [0.25, 0.3) is 10.8 Å². The molecule has 0 aromatic heterocycles. The van der Waals surface area contributed by atoms with Gasteiger partial charge in [-0.15, -0.1) is 0 Å². The number of rotatable bonds is 1. The lowest BCUT2D eigenvalue weighted by molar-refractivity contribution is 0.0224. The molecule has 0 amide bonds. The van der Waals surface area contributed by atoms with Crippen LogP contribution in [0.4, 0.5) is 0 Å². The number of phenolic OH excluding ortho intramolecular Hbond substituents is 3. The van der Waals surface area contributed by atoms with Crippen LogP contribution in [0.5, 0.6) is 28.7 Å². The highest BCUT2D eigenvalue weighted by Crippen LogP contribution is 2.56. The number of carbonyl (C=O) groups is 1. The van der Waals surface area contributed by atoms with E-state index in [1.807, 2.05) is 32.0 Å². The van der Waals surface area contributed by atoms with Crippen molar-refractivity contribution >= 4 is 16.7 Å². The molecule has 5 aromatic rings. The van der Waals surface area contributed by atoms with Crippen molar-refractivity contribution in [3.05, 3.63) is 125 Å². The molecule has 2 heterocycles. The summed E-state index contributed by atoms with van der Waals surface area (Å²) in [5.41, 5.74) is 2.62. The quantitative estimate of drug-likeness (QED) is 0.182. The molecule has 1 spiro atoms. The van der Waals surface area contributed by atoms with E-state index in [4.69, 9.17) is 9.47 Å². The Morgan fingerprint density at radius 2 is 1.17 bits per heavy atom. The van der Waals surface area contributed by atoms with Gasteiger partial charge in [0.05, 0.1) is 5.56 Å². The number of hydrogen-bond acceptors (Lipinski definition) is 6.